The maximum atomic E-state index is 5.88. The summed E-state index contributed by atoms with van der Waals surface area (Å²) in [5, 5.41) is 2.20. The molecule has 3 rings (SSSR count). The zero-order valence-corrected chi connectivity index (χ0v) is 12.0. The third kappa shape index (κ3) is 2.34. The van der Waals surface area contributed by atoms with Gasteiger partial charge in [-0.15, -0.1) is 11.3 Å². The van der Waals surface area contributed by atoms with Crippen molar-refractivity contribution in [2.24, 2.45) is 0 Å². The van der Waals surface area contributed by atoms with Gasteiger partial charge in [-0.3, -0.25) is 0 Å². The second kappa shape index (κ2) is 4.84. The van der Waals surface area contributed by atoms with Crippen molar-refractivity contribution in [1.29, 1.82) is 0 Å². The first-order valence-corrected chi connectivity index (χ1v) is 7.35. The molecule has 0 aliphatic carbocycles. The number of aromatic nitrogens is 2. The molecule has 2 heterocycles. The number of halogens is 1. The van der Waals surface area contributed by atoms with E-state index in [1.54, 1.807) is 6.20 Å². The van der Waals surface area contributed by atoms with E-state index in [1.165, 1.54) is 33.0 Å². The Balaban J connectivity index is 1.84. The first kappa shape index (κ1) is 11.9. The molecule has 2 aromatic heterocycles. The smallest absolute Gasteiger partial charge is 0.113 e. The molecule has 0 saturated heterocycles. The molecule has 0 N–H and O–H groups in total. The van der Waals surface area contributed by atoms with Crippen LogP contribution >= 0.6 is 34.5 Å². The van der Waals surface area contributed by atoms with Crippen LogP contribution in [0.2, 0.25) is 4.34 Å². The number of anilines is 1. The van der Waals surface area contributed by atoms with E-state index in [1.807, 2.05) is 6.20 Å². The third-order valence-corrected chi connectivity index (χ3v) is 4.55. The molecule has 1 aromatic carbocycles. The van der Waals surface area contributed by atoms with E-state index in [-0.39, 0.29) is 0 Å². The monoisotopic (exact) mass is 295 g/mol. The normalized spacial score (nSPS) is 11.0. The summed E-state index contributed by atoms with van der Waals surface area (Å²) < 4.78 is 6.13. The largest absolute Gasteiger partial charge is 0.368 e. The molecule has 0 amide bonds. The Kier molecular flexibility index (Phi) is 3.20. The summed E-state index contributed by atoms with van der Waals surface area (Å²) in [6, 6.07) is 6.36. The maximum absolute atomic E-state index is 5.88. The molecule has 0 saturated carbocycles. The highest BCUT2D eigenvalue weighted by molar-refractivity contribution is 7.15. The number of thiazole rings is 1. The van der Waals surface area contributed by atoms with Crippen molar-refractivity contribution < 1.29 is 0 Å². The van der Waals surface area contributed by atoms with Gasteiger partial charge in [0.2, 0.25) is 0 Å². The van der Waals surface area contributed by atoms with E-state index in [0.717, 1.165) is 21.6 Å². The molecule has 6 heteroatoms. The van der Waals surface area contributed by atoms with Crippen LogP contribution in [0.25, 0.3) is 10.1 Å². The number of nitrogens with zero attached hydrogens (tertiary/aromatic N) is 3. The molecule has 0 radical (unpaired) electrons. The van der Waals surface area contributed by atoms with Crippen molar-refractivity contribution in [3.8, 4) is 0 Å². The van der Waals surface area contributed by atoms with Gasteiger partial charge < -0.3 is 4.90 Å². The molecular weight excluding hydrogens is 286 g/mol. The molecule has 0 spiro atoms. The summed E-state index contributed by atoms with van der Waals surface area (Å²) in [4.78, 5) is 6.43. The van der Waals surface area contributed by atoms with Gasteiger partial charge in [-0.25, -0.2) is 4.98 Å². The lowest BCUT2D eigenvalue weighted by Gasteiger charge is -2.17. The summed E-state index contributed by atoms with van der Waals surface area (Å²) in [7, 11) is 2.05. The first-order chi connectivity index (χ1) is 8.72. The average Bonchev–Trinajstić information content (AvgIpc) is 2.96. The van der Waals surface area contributed by atoms with Crippen molar-refractivity contribution in [2.45, 2.75) is 6.54 Å². The molecule has 3 nitrogen and oxygen atoms in total. The molecule has 0 fully saturated rings. The highest BCUT2D eigenvalue weighted by Gasteiger charge is 2.07. The van der Waals surface area contributed by atoms with Crippen LogP contribution in [0.1, 0.15) is 5.01 Å². The number of hydrogen-bond donors (Lipinski definition) is 0. The molecule has 0 aliphatic heterocycles. The number of rotatable bonds is 3. The molecule has 92 valence electrons. The van der Waals surface area contributed by atoms with Gasteiger partial charge in [0, 0.05) is 24.3 Å². The second-order valence-corrected chi connectivity index (χ2v) is 6.54. The Hall–Kier alpha value is -1.17. The van der Waals surface area contributed by atoms with E-state index in [2.05, 4.69) is 39.5 Å². The van der Waals surface area contributed by atoms with E-state index < -0.39 is 0 Å². The molecule has 18 heavy (non-hydrogen) atoms. The zero-order chi connectivity index (χ0) is 12.5. The van der Waals surface area contributed by atoms with Crippen LogP contribution in [0.4, 0.5) is 5.69 Å². The summed E-state index contributed by atoms with van der Waals surface area (Å²) in [6.07, 6.45) is 3.60. The van der Waals surface area contributed by atoms with Gasteiger partial charge in [0.25, 0.3) is 0 Å². The first-order valence-electron chi connectivity index (χ1n) is 5.38. The van der Waals surface area contributed by atoms with Gasteiger partial charge in [-0.2, -0.15) is 4.37 Å². The minimum Gasteiger partial charge on any atom is -0.368 e. The van der Waals surface area contributed by atoms with Crippen molar-refractivity contribution in [3.63, 3.8) is 0 Å². The van der Waals surface area contributed by atoms with Gasteiger partial charge in [0.1, 0.15) is 9.34 Å². The van der Waals surface area contributed by atoms with Crippen LogP contribution in [-0.4, -0.2) is 16.4 Å². The number of hydrogen-bond acceptors (Lipinski definition) is 5. The molecule has 3 aromatic rings. The third-order valence-electron chi connectivity index (χ3n) is 2.67. The second-order valence-electron chi connectivity index (χ2n) is 3.96. The predicted molar refractivity (Wildman–Crippen MR) is 78.9 cm³/mol. The average molecular weight is 296 g/mol. The van der Waals surface area contributed by atoms with Crippen molar-refractivity contribution in [2.75, 3.05) is 11.9 Å². The van der Waals surface area contributed by atoms with Gasteiger partial charge in [-0.1, -0.05) is 11.6 Å². The predicted octanol–water partition coefficient (Wildman–Crippen LogP) is 4.04. The Bertz CT molecular complexity index is 677. The fraction of sp³-hybridized carbons (Fsp3) is 0.167. The summed E-state index contributed by atoms with van der Waals surface area (Å²) in [5.74, 6) is 0. The van der Waals surface area contributed by atoms with E-state index in [9.17, 15) is 0 Å². The lowest BCUT2D eigenvalue weighted by atomic mass is 10.2. The van der Waals surface area contributed by atoms with Gasteiger partial charge in [-0.05, 0) is 29.7 Å². The van der Waals surface area contributed by atoms with E-state index in [0.29, 0.717) is 0 Å². The summed E-state index contributed by atoms with van der Waals surface area (Å²) in [5.41, 5.74) is 1.16. The zero-order valence-electron chi connectivity index (χ0n) is 9.63. The standard InChI is InChI=1S/C12H10ClN3S2/c1-16(7-12-14-6-11(13)17-12)9-2-3-10-8(4-9)5-15-18-10/h2-6H,7H2,1H3. The van der Waals surface area contributed by atoms with Crippen LogP contribution in [-0.2, 0) is 6.54 Å². The molecule has 0 aliphatic rings. The van der Waals surface area contributed by atoms with Gasteiger partial charge in [0.15, 0.2) is 0 Å². The fourth-order valence-corrected chi connectivity index (χ4v) is 3.39. The number of fused-ring (bicyclic) bond motifs is 1. The lowest BCUT2D eigenvalue weighted by molar-refractivity contribution is 0.911. The lowest BCUT2D eigenvalue weighted by Crippen LogP contribution is -2.15. The Morgan fingerprint density at radius 2 is 2.22 bits per heavy atom. The summed E-state index contributed by atoms with van der Waals surface area (Å²) in [6.45, 7) is 0.764. The summed E-state index contributed by atoms with van der Waals surface area (Å²) >= 11 is 8.92. The Morgan fingerprint density at radius 1 is 1.33 bits per heavy atom. The Morgan fingerprint density at radius 3 is 3.00 bits per heavy atom. The van der Waals surface area contributed by atoms with Crippen molar-refractivity contribution >= 4 is 50.2 Å². The highest BCUT2D eigenvalue weighted by atomic mass is 35.5. The fourth-order valence-electron chi connectivity index (χ4n) is 1.75. The highest BCUT2D eigenvalue weighted by Crippen LogP contribution is 2.26. The van der Waals surface area contributed by atoms with Crippen molar-refractivity contribution in [3.05, 3.63) is 39.9 Å². The van der Waals surface area contributed by atoms with Crippen LogP contribution in [0.3, 0.4) is 0 Å². The molecule has 0 bridgehead atoms. The van der Waals surface area contributed by atoms with Gasteiger partial charge >= 0.3 is 0 Å². The SMILES string of the molecule is CN(Cc1ncc(Cl)s1)c1ccc2sncc2c1. The molecule has 0 unspecified atom stereocenters. The van der Waals surface area contributed by atoms with Crippen LogP contribution in [0.5, 0.6) is 0 Å². The molecule has 0 atom stereocenters. The van der Waals surface area contributed by atoms with Crippen LogP contribution in [0.15, 0.2) is 30.6 Å². The quantitative estimate of drug-likeness (QED) is 0.730. The van der Waals surface area contributed by atoms with Crippen molar-refractivity contribution in [1.82, 2.24) is 9.36 Å². The van der Waals surface area contributed by atoms with Gasteiger partial charge in [0.05, 0.1) is 17.4 Å². The molecular formula is C12H10ClN3S2. The van der Waals surface area contributed by atoms with Crippen LogP contribution < -0.4 is 4.90 Å². The minimum absolute atomic E-state index is 0.732. The number of benzene rings is 1. The van der Waals surface area contributed by atoms with Crippen LogP contribution in [0, 0.1) is 0 Å². The minimum atomic E-state index is 0.732. The van der Waals surface area contributed by atoms with E-state index in [4.69, 9.17) is 11.6 Å². The van der Waals surface area contributed by atoms with E-state index >= 15 is 0 Å². The maximum Gasteiger partial charge on any atom is 0.113 e. The topological polar surface area (TPSA) is 29.0 Å². The Labute approximate surface area is 118 Å².